The van der Waals surface area contributed by atoms with Gasteiger partial charge >= 0.3 is 6.01 Å². The molecule has 1 aromatic rings. The first kappa shape index (κ1) is 15.8. The summed E-state index contributed by atoms with van der Waals surface area (Å²) in [5, 5.41) is 3.23. The standard InChI is InChI=1S/C15H27N5O/c1-4-8-12(3)21-15-18-13(16-9-5-2)17-14(19-15)20-10-6-7-11-20/h12H,4-11H2,1-3H3,(H,16,17,18,19). The summed E-state index contributed by atoms with van der Waals surface area (Å²) in [4.78, 5) is 15.6. The van der Waals surface area contributed by atoms with Crippen LogP contribution in [-0.2, 0) is 0 Å². The molecule has 0 amide bonds. The Kier molecular flexibility index (Phi) is 6.02. The van der Waals surface area contributed by atoms with Gasteiger partial charge in [0.05, 0.1) is 6.10 Å². The van der Waals surface area contributed by atoms with E-state index >= 15 is 0 Å². The lowest BCUT2D eigenvalue weighted by Crippen LogP contribution is -2.23. The molecule has 0 bridgehead atoms. The number of hydrogen-bond acceptors (Lipinski definition) is 6. The van der Waals surface area contributed by atoms with Crippen LogP contribution in [0.25, 0.3) is 0 Å². The number of nitrogens with zero attached hydrogens (tertiary/aromatic N) is 4. The number of nitrogens with one attached hydrogen (secondary N) is 1. The van der Waals surface area contributed by atoms with Crippen molar-refractivity contribution < 1.29 is 4.74 Å². The van der Waals surface area contributed by atoms with Crippen molar-refractivity contribution in [1.82, 2.24) is 15.0 Å². The summed E-state index contributed by atoms with van der Waals surface area (Å²) in [7, 11) is 0. The maximum atomic E-state index is 5.85. The van der Waals surface area contributed by atoms with Crippen LogP contribution >= 0.6 is 0 Å². The third-order valence-electron chi connectivity index (χ3n) is 3.53. The first-order valence-corrected chi connectivity index (χ1v) is 8.14. The quantitative estimate of drug-likeness (QED) is 0.795. The number of ether oxygens (including phenoxy) is 1. The normalized spacial score (nSPS) is 16.0. The number of hydrogen-bond donors (Lipinski definition) is 1. The van der Waals surface area contributed by atoms with E-state index in [2.05, 4.69) is 45.9 Å². The summed E-state index contributed by atoms with van der Waals surface area (Å²) in [6.07, 6.45) is 5.65. The first-order valence-electron chi connectivity index (χ1n) is 8.14. The zero-order chi connectivity index (χ0) is 15.1. The van der Waals surface area contributed by atoms with E-state index in [0.29, 0.717) is 12.0 Å². The lowest BCUT2D eigenvalue weighted by Gasteiger charge is -2.18. The van der Waals surface area contributed by atoms with Crippen molar-refractivity contribution in [3.8, 4) is 6.01 Å². The Morgan fingerprint density at radius 3 is 2.57 bits per heavy atom. The molecule has 1 fully saturated rings. The Balaban J connectivity index is 2.14. The summed E-state index contributed by atoms with van der Waals surface area (Å²) >= 11 is 0. The van der Waals surface area contributed by atoms with Gasteiger partial charge in [0.1, 0.15) is 0 Å². The van der Waals surface area contributed by atoms with E-state index in [4.69, 9.17) is 4.74 Å². The molecule has 21 heavy (non-hydrogen) atoms. The van der Waals surface area contributed by atoms with Crippen molar-refractivity contribution in [2.24, 2.45) is 0 Å². The highest BCUT2D eigenvalue weighted by atomic mass is 16.5. The van der Waals surface area contributed by atoms with Crippen molar-refractivity contribution in [2.45, 2.75) is 59.0 Å². The van der Waals surface area contributed by atoms with Gasteiger partial charge in [-0.05, 0) is 32.6 Å². The minimum Gasteiger partial charge on any atom is -0.460 e. The van der Waals surface area contributed by atoms with Crippen LogP contribution in [0.2, 0.25) is 0 Å². The van der Waals surface area contributed by atoms with E-state index in [1.165, 1.54) is 12.8 Å². The predicted molar refractivity (Wildman–Crippen MR) is 85.1 cm³/mol. The van der Waals surface area contributed by atoms with Crippen molar-refractivity contribution in [2.75, 3.05) is 29.9 Å². The lowest BCUT2D eigenvalue weighted by molar-refractivity contribution is 0.192. The molecule has 0 radical (unpaired) electrons. The topological polar surface area (TPSA) is 63.2 Å². The van der Waals surface area contributed by atoms with Crippen molar-refractivity contribution in [1.29, 1.82) is 0 Å². The van der Waals surface area contributed by atoms with Gasteiger partial charge in [0.2, 0.25) is 11.9 Å². The molecule has 0 saturated carbocycles. The summed E-state index contributed by atoms with van der Waals surface area (Å²) in [5.74, 6) is 1.35. The molecule has 6 nitrogen and oxygen atoms in total. The van der Waals surface area contributed by atoms with E-state index in [9.17, 15) is 0 Å². The second-order valence-corrected chi connectivity index (χ2v) is 5.58. The van der Waals surface area contributed by atoms with Crippen LogP contribution in [0.5, 0.6) is 6.01 Å². The molecule has 1 N–H and O–H groups in total. The Hall–Kier alpha value is -1.59. The van der Waals surface area contributed by atoms with Gasteiger partial charge in [-0.2, -0.15) is 15.0 Å². The van der Waals surface area contributed by atoms with Crippen LogP contribution in [-0.4, -0.2) is 40.7 Å². The van der Waals surface area contributed by atoms with Crippen molar-refractivity contribution >= 4 is 11.9 Å². The zero-order valence-corrected chi connectivity index (χ0v) is 13.4. The Labute approximate surface area is 127 Å². The maximum Gasteiger partial charge on any atom is 0.323 e. The van der Waals surface area contributed by atoms with Crippen LogP contribution in [0.4, 0.5) is 11.9 Å². The predicted octanol–water partition coefficient (Wildman–Crippen LogP) is 2.86. The summed E-state index contributed by atoms with van der Waals surface area (Å²) in [5.41, 5.74) is 0. The molecule has 1 unspecified atom stereocenters. The third kappa shape index (κ3) is 4.72. The summed E-state index contributed by atoms with van der Waals surface area (Å²) in [6, 6.07) is 0.437. The summed E-state index contributed by atoms with van der Waals surface area (Å²) < 4.78 is 5.85. The Bertz CT molecular complexity index is 434. The van der Waals surface area contributed by atoms with Gasteiger partial charge in [-0.1, -0.05) is 20.3 Å². The molecule has 1 aliphatic heterocycles. The molecule has 0 aliphatic carbocycles. The van der Waals surface area contributed by atoms with Gasteiger partial charge < -0.3 is 15.0 Å². The molecule has 2 rings (SSSR count). The molecule has 0 aromatic carbocycles. The van der Waals surface area contributed by atoms with Gasteiger partial charge in [-0.15, -0.1) is 0 Å². The molecule has 1 aliphatic rings. The van der Waals surface area contributed by atoms with E-state index in [-0.39, 0.29) is 6.10 Å². The first-order chi connectivity index (χ1) is 10.2. The fourth-order valence-electron chi connectivity index (χ4n) is 2.42. The molecule has 2 heterocycles. The van der Waals surface area contributed by atoms with Gasteiger partial charge in [-0.3, -0.25) is 0 Å². The minimum atomic E-state index is 0.128. The smallest absolute Gasteiger partial charge is 0.323 e. The zero-order valence-electron chi connectivity index (χ0n) is 13.4. The van der Waals surface area contributed by atoms with Crippen molar-refractivity contribution in [3.05, 3.63) is 0 Å². The fraction of sp³-hybridized carbons (Fsp3) is 0.800. The van der Waals surface area contributed by atoms with E-state index < -0.39 is 0 Å². The van der Waals surface area contributed by atoms with Crippen LogP contribution in [0.15, 0.2) is 0 Å². The van der Waals surface area contributed by atoms with E-state index in [0.717, 1.165) is 44.8 Å². The highest BCUT2D eigenvalue weighted by Crippen LogP contribution is 2.20. The largest absolute Gasteiger partial charge is 0.460 e. The molecule has 1 saturated heterocycles. The molecular weight excluding hydrogens is 266 g/mol. The third-order valence-corrected chi connectivity index (χ3v) is 3.53. The monoisotopic (exact) mass is 293 g/mol. The molecule has 1 atom stereocenters. The lowest BCUT2D eigenvalue weighted by atomic mass is 10.2. The Morgan fingerprint density at radius 2 is 1.90 bits per heavy atom. The maximum absolute atomic E-state index is 5.85. The minimum absolute atomic E-state index is 0.128. The number of anilines is 2. The second kappa shape index (κ2) is 8.00. The molecule has 1 aromatic heterocycles. The SMILES string of the molecule is CCCNc1nc(OC(C)CCC)nc(N2CCCC2)n1. The summed E-state index contributed by atoms with van der Waals surface area (Å²) in [6.45, 7) is 9.21. The Morgan fingerprint density at radius 1 is 1.14 bits per heavy atom. The molecule has 0 spiro atoms. The van der Waals surface area contributed by atoms with Gasteiger partial charge in [0, 0.05) is 19.6 Å². The second-order valence-electron chi connectivity index (χ2n) is 5.58. The van der Waals surface area contributed by atoms with Gasteiger partial charge in [-0.25, -0.2) is 0 Å². The molecule has 118 valence electrons. The number of rotatable bonds is 8. The van der Waals surface area contributed by atoms with Crippen LogP contribution in [0.3, 0.4) is 0 Å². The van der Waals surface area contributed by atoms with E-state index in [1.807, 2.05) is 0 Å². The van der Waals surface area contributed by atoms with Gasteiger partial charge in [0.15, 0.2) is 0 Å². The van der Waals surface area contributed by atoms with Crippen molar-refractivity contribution in [3.63, 3.8) is 0 Å². The van der Waals surface area contributed by atoms with Crippen LogP contribution in [0.1, 0.15) is 52.9 Å². The number of aromatic nitrogens is 3. The average molecular weight is 293 g/mol. The molecule has 6 heteroatoms. The highest BCUT2D eigenvalue weighted by Gasteiger charge is 2.18. The van der Waals surface area contributed by atoms with E-state index in [1.54, 1.807) is 0 Å². The van der Waals surface area contributed by atoms with Crippen LogP contribution < -0.4 is 15.0 Å². The van der Waals surface area contributed by atoms with Gasteiger partial charge in [0.25, 0.3) is 0 Å². The fourth-order valence-corrected chi connectivity index (χ4v) is 2.42. The average Bonchev–Trinajstić information content (AvgIpc) is 2.99. The highest BCUT2D eigenvalue weighted by molar-refractivity contribution is 5.39. The molecular formula is C15H27N5O. The van der Waals surface area contributed by atoms with Crippen LogP contribution in [0, 0.1) is 0 Å².